The third-order valence-electron chi connectivity index (χ3n) is 2.90. The van der Waals surface area contributed by atoms with Gasteiger partial charge in [0.1, 0.15) is 0 Å². The van der Waals surface area contributed by atoms with Gasteiger partial charge in [0.2, 0.25) is 5.91 Å². The molecule has 0 aliphatic rings. The predicted molar refractivity (Wildman–Crippen MR) is 71.5 cm³/mol. The van der Waals surface area contributed by atoms with Crippen LogP contribution in [0, 0.1) is 6.92 Å². The van der Waals surface area contributed by atoms with Crippen LogP contribution in [0.2, 0.25) is 0 Å². The fraction of sp³-hybridized carbons (Fsp3) is 0.357. The molecule has 0 unspecified atom stereocenters. The highest BCUT2D eigenvalue weighted by molar-refractivity contribution is 6.01. The fourth-order valence-electron chi connectivity index (χ4n) is 1.61. The van der Waals surface area contributed by atoms with Gasteiger partial charge >= 0.3 is 5.97 Å². The third-order valence-corrected chi connectivity index (χ3v) is 2.90. The SMILES string of the molecule is CC(C(=O)O)=C(C)C(=O)N(C)Cc1cccc(C)n1. The summed E-state index contributed by atoms with van der Waals surface area (Å²) in [5.41, 5.74) is 1.96. The van der Waals surface area contributed by atoms with Crippen molar-refractivity contribution in [3.05, 3.63) is 40.7 Å². The number of hydrogen-bond donors (Lipinski definition) is 1. The van der Waals surface area contributed by atoms with E-state index in [1.807, 2.05) is 25.1 Å². The lowest BCUT2D eigenvalue weighted by Crippen LogP contribution is -2.28. The predicted octanol–water partition coefficient (Wildman–Crippen LogP) is 1.77. The highest BCUT2D eigenvalue weighted by Crippen LogP contribution is 2.09. The quantitative estimate of drug-likeness (QED) is 0.839. The molecular formula is C14H18N2O3. The van der Waals surface area contributed by atoms with E-state index in [1.165, 1.54) is 18.7 Å². The molecule has 5 nitrogen and oxygen atoms in total. The molecule has 0 aromatic carbocycles. The minimum absolute atomic E-state index is 0.0639. The number of carboxylic acid groups (broad SMARTS) is 1. The number of aliphatic carboxylic acids is 1. The molecule has 0 bridgehead atoms. The number of carbonyl (C=O) groups is 2. The van der Waals surface area contributed by atoms with Crippen molar-refractivity contribution in [3.8, 4) is 0 Å². The monoisotopic (exact) mass is 262 g/mol. The van der Waals surface area contributed by atoms with Crippen LogP contribution in [0.15, 0.2) is 29.3 Å². The van der Waals surface area contributed by atoms with Crippen LogP contribution in [-0.4, -0.2) is 33.9 Å². The Kier molecular flexibility index (Phi) is 4.80. The standard InChI is InChI=1S/C14H18N2O3/c1-9-6-5-7-12(15-9)8-16(4)13(17)10(2)11(3)14(18)19/h5-7H,8H2,1-4H3,(H,18,19). The van der Waals surface area contributed by atoms with Crippen LogP contribution in [-0.2, 0) is 16.1 Å². The zero-order chi connectivity index (χ0) is 14.6. The molecular weight excluding hydrogens is 244 g/mol. The number of amides is 1. The Bertz CT molecular complexity index is 535. The van der Waals surface area contributed by atoms with Gasteiger partial charge in [0, 0.05) is 23.9 Å². The van der Waals surface area contributed by atoms with E-state index < -0.39 is 5.97 Å². The zero-order valence-corrected chi connectivity index (χ0v) is 11.6. The van der Waals surface area contributed by atoms with Crippen LogP contribution in [0.25, 0.3) is 0 Å². The number of pyridine rings is 1. The smallest absolute Gasteiger partial charge is 0.331 e. The zero-order valence-electron chi connectivity index (χ0n) is 11.6. The van der Waals surface area contributed by atoms with Gasteiger partial charge in [-0.25, -0.2) is 4.79 Å². The van der Waals surface area contributed by atoms with E-state index in [1.54, 1.807) is 7.05 Å². The summed E-state index contributed by atoms with van der Waals surface area (Å²) in [7, 11) is 1.63. The molecule has 1 rings (SSSR count). The van der Waals surface area contributed by atoms with Crippen molar-refractivity contribution in [2.75, 3.05) is 7.05 Å². The summed E-state index contributed by atoms with van der Waals surface area (Å²) in [5, 5.41) is 8.87. The second kappa shape index (κ2) is 6.13. The van der Waals surface area contributed by atoms with Crippen molar-refractivity contribution in [1.29, 1.82) is 0 Å². The molecule has 0 aliphatic heterocycles. The van der Waals surface area contributed by atoms with E-state index in [9.17, 15) is 9.59 Å². The Labute approximate surface area is 112 Å². The number of carbonyl (C=O) groups excluding carboxylic acids is 1. The first kappa shape index (κ1) is 14.9. The van der Waals surface area contributed by atoms with Crippen molar-refractivity contribution in [3.63, 3.8) is 0 Å². The lowest BCUT2D eigenvalue weighted by atomic mass is 10.1. The summed E-state index contributed by atoms with van der Waals surface area (Å²) in [6, 6.07) is 5.59. The van der Waals surface area contributed by atoms with Crippen LogP contribution in [0.3, 0.4) is 0 Å². The Morgan fingerprint density at radius 2 is 1.89 bits per heavy atom. The third kappa shape index (κ3) is 3.91. The Morgan fingerprint density at radius 1 is 1.26 bits per heavy atom. The van der Waals surface area contributed by atoms with E-state index in [0.29, 0.717) is 6.54 Å². The number of nitrogens with zero attached hydrogens (tertiary/aromatic N) is 2. The largest absolute Gasteiger partial charge is 0.478 e. The molecule has 0 saturated heterocycles. The Hall–Kier alpha value is -2.17. The van der Waals surface area contributed by atoms with Crippen LogP contribution in [0.5, 0.6) is 0 Å². The van der Waals surface area contributed by atoms with Gasteiger partial charge in [-0.1, -0.05) is 6.07 Å². The molecule has 0 saturated carbocycles. The molecule has 102 valence electrons. The maximum absolute atomic E-state index is 12.1. The lowest BCUT2D eigenvalue weighted by molar-refractivity contribution is -0.133. The molecule has 1 heterocycles. The number of hydrogen-bond acceptors (Lipinski definition) is 3. The number of aryl methyl sites for hydroxylation is 1. The molecule has 5 heteroatoms. The van der Waals surface area contributed by atoms with Crippen molar-refractivity contribution >= 4 is 11.9 Å². The maximum atomic E-state index is 12.1. The summed E-state index contributed by atoms with van der Waals surface area (Å²) in [6.45, 7) is 5.18. The molecule has 1 aromatic rings. The Balaban J connectivity index is 2.84. The van der Waals surface area contributed by atoms with Gasteiger partial charge in [-0.15, -0.1) is 0 Å². The van der Waals surface area contributed by atoms with Gasteiger partial charge in [-0.2, -0.15) is 0 Å². The number of aromatic nitrogens is 1. The van der Waals surface area contributed by atoms with Crippen LogP contribution in [0.4, 0.5) is 0 Å². The van der Waals surface area contributed by atoms with Gasteiger partial charge in [-0.3, -0.25) is 9.78 Å². The molecule has 1 aromatic heterocycles. The van der Waals surface area contributed by atoms with Crippen molar-refractivity contribution in [1.82, 2.24) is 9.88 Å². The lowest BCUT2D eigenvalue weighted by Gasteiger charge is -2.18. The van der Waals surface area contributed by atoms with E-state index in [-0.39, 0.29) is 17.1 Å². The molecule has 19 heavy (non-hydrogen) atoms. The van der Waals surface area contributed by atoms with Gasteiger partial charge < -0.3 is 10.0 Å². The minimum atomic E-state index is -1.08. The second-order valence-corrected chi connectivity index (χ2v) is 4.49. The summed E-state index contributed by atoms with van der Waals surface area (Å²) < 4.78 is 0. The first-order chi connectivity index (χ1) is 8.82. The van der Waals surface area contributed by atoms with E-state index >= 15 is 0 Å². The van der Waals surface area contributed by atoms with Gasteiger partial charge in [-0.05, 0) is 32.9 Å². The average Bonchev–Trinajstić information content (AvgIpc) is 2.35. The summed E-state index contributed by atoms with van der Waals surface area (Å²) in [5.74, 6) is -1.38. The van der Waals surface area contributed by atoms with Crippen LogP contribution in [0.1, 0.15) is 25.2 Å². The average molecular weight is 262 g/mol. The highest BCUT2D eigenvalue weighted by Gasteiger charge is 2.17. The molecule has 1 amide bonds. The normalized spacial score (nSPS) is 11.8. The van der Waals surface area contributed by atoms with Crippen molar-refractivity contribution < 1.29 is 14.7 Å². The summed E-state index contributed by atoms with van der Waals surface area (Å²) in [4.78, 5) is 28.7. The first-order valence-corrected chi connectivity index (χ1v) is 5.91. The van der Waals surface area contributed by atoms with Crippen LogP contribution < -0.4 is 0 Å². The van der Waals surface area contributed by atoms with Crippen molar-refractivity contribution in [2.24, 2.45) is 0 Å². The highest BCUT2D eigenvalue weighted by atomic mass is 16.4. The molecule has 0 fully saturated rings. The van der Waals surface area contributed by atoms with E-state index in [0.717, 1.165) is 11.4 Å². The minimum Gasteiger partial charge on any atom is -0.478 e. The van der Waals surface area contributed by atoms with Gasteiger partial charge in [0.05, 0.1) is 12.2 Å². The van der Waals surface area contributed by atoms with Crippen LogP contribution >= 0.6 is 0 Å². The molecule has 1 N–H and O–H groups in total. The fourth-order valence-corrected chi connectivity index (χ4v) is 1.61. The molecule has 0 spiro atoms. The molecule has 0 aliphatic carbocycles. The van der Waals surface area contributed by atoms with E-state index in [4.69, 9.17) is 5.11 Å². The van der Waals surface area contributed by atoms with Crippen molar-refractivity contribution in [2.45, 2.75) is 27.3 Å². The molecule has 0 radical (unpaired) electrons. The topological polar surface area (TPSA) is 70.5 Å². The number of likely N-dealkylation sites (N-methyl/N-ethyl adjacent to an activating group) is 1. The van der Waals surface area contributed by atoms with Gasteiger partial charge in [0.15, 0.2) is 0 Å². The number of carboxylic acids is 1. The van der Waals surface area contributed by atoms with Gasteiger partial charge in [0.25, 0.3) is 0 Å². The molecule has 0 atom stereocenters. The number of rotatable bonds is 4. The summed E-state index contributed by atoms with van der Waals surface area (Å²) >= 11 is 0. The Morgan fingerprint density at radius 3 is 2.42 bits per heavy atom. The second-order valence-electron chi connectivity index (χ2n) is 4.49. The van der Waals surface area contributed by atoms with E-state index in [2.05, 4.69) is 4.98 Å². The maximum Gasteiger partial charge on any atom is 0.331 e. The first-order valence-electron chi connectivity index (χ1n) is 5.91. The summed E-state index contributed by atoms with van der Waals surface area (Å²) in [6.07, 6.45) is 0.